The van der Waals surface area contributed by atoms with Crippen molar-refractivity contribution in [3.8, 4) is 0 Å². The first kappa shape index (κ1) is 56.0. The van der Waals surface area contributed by atoms with Gasteiger partial charge in [0.15, 0.2) is 6.10 Å². The lowest BCUT2D eigenvalue weighted by atomic mass is 10.0. The van der Waals surface area contributed by atoms with Crippen LogP contribution < -0.4 is 4.89 Å². The average molecular weight is 838 g/mol. The molecule has 0 aliphatic heterocycles. The minimum absolute atomic E-state index is 0.0598. The third-order valence-corrected chi connectivity index (χ3v) is 11.0. The van der Waals surface area contributed by atoms with Gasteiger partial charge in [0, 0.05) is 12.2 Å². The Balaban J connectivity index is 4.51. The molecule has 58 heavy (non-hydrogen) atoms. The molecule has 0 aromatic carbocycles. The molecular weight excluding hydrogens is 750 g/mol. The second kappa shape index (κ2) is 40.4. The zero-order valence-corrected chi connectivity index (χ0v) is 38.9. The maximum absolute atomic E-state index is 12.6. The molecule has 9 nitrogen and oxygen atoms in total. The third kappa shape index (κ3) is 43.5. The van der Waals surface area contributed by atoms with E-state index in [1.807, 2.05) is 39.4 Å². The molecule has 0 bridgehead atoms. The number of hydrogen-bond donors (Lipinski definition) is 0. The predicted octanol–water partition coefficient (Wildman–Crippen LogP) is 12.8. The number of esters is 2. The van der Waals surface area contributed by atoms with Crippen molar-refractivity contribution in [2.75, 3.05) is 47.5 Å². The van der Waals surface area contributed by atoms with Crippen LogP contribution in [0.15, 0.2) is 48.6 Å². The molecule has 0 radical (unpaired) electrons. The molecule has 10 heteroatoms. The topological polar surface area (TPSA) is 111 Å². The molecule has 0 rings (SSSR count). The van der Waals surface area contributed by atoms with Gasteiger partial charge in [0.2, 0.25) is 0 Å². The van der Waals surface area contributed by atoms with Gasteiger partial charge in [0.05, 0.1) is 27.7 Å². The summed E-state index contributed by atoms with van der Waals surface area (Å²) >= 11 is 0. The standard InChI is InChI=1S/C48H88NO8P/c1-6-8-10-12-14-16-18-20-22-24-26-28-30-32-34-36-38-40-47(50)54-44-46(45-56-58(52,53)55-43-42-49(3,4)5)57-48(51)41-39-37-35-33-31-29-27-25-23-21-19-17-15-13-11-9-7-2/h34-41,46H,6-33,42-45H2,1-5H3/b36-34+,37-35+,40-38+,41-39+/t46-/m0/s1. The zero-order chi connectivity index (χ0) is 42.8. The molecule has 0 aliphatic carbocycles. The summed E-state index contributed by atoms with van der Waals surface area (Å²) in [7, 11) is 1.07. The summed E-state index contributed by atoms with van der Waals surface area (Å²) in [6.07, 6.45) is 48.4. The van der Waals surface area contributed by atoms with Gasteiger partial charge in [0.1, 0.15) is 19.8 Å². The fourth-order valence-electron chi connectivity index (χ4n) is 6.36. The van der Waals surface area contributed by atoms with Gasteiger partial charge in [0.25, 0.3) is 7.82 Å². The highest BCUT2D eigenvalue weighted by Gasteiger charge is 2.20. The maximum atomic E-state index is 12.6. The summed E-state index contributed by atoms with van der Waals surface area (Å²) < 4.78 is 33.5. The fraction of sp³-hybridized carbons (Fsp3) is 0.792. The Morgan fingerprint density at radius 2 is 0.914 bits per heavy atom. The normalized spacial score (nSPS) is 14.0. The number of unbranched alkanes of at least 4 members (excludes halogenated alkanes) is 26. The van der Waals surface area contributed by atoms with Crippen molar-refractivity contribution in [1.82, 2.24) is 0 Å². The summed E-state index contributed by atoms with van der Waals surface area (Å²) in [6, 6.07) is 0. The van der Waals surface area contributed by atoms with Crippen LogP contribution in [0.3, 0.4) is 0 Å². The molecule has 0 fully saturated rings. The average Bonchev–Trinajstić information content (AvgIpc) is 3.17. The Morgan fingerprint density at radius 1 is 0.534 bits per heavy atom. The van der Waals surface area contributed by atoms with Crippen LogP contribution in [0.5, 0.6) is 0 Å². The van der Waals surface area contributed by atoms with Gasteiger partial charge in [-0.25, -0.2) is 9.59 Å². The number of likely N-dealkylation sites (N-methyl/N-ethyl adjacent to an activating group) is 1. The first-order valence-corrected chi connectivity index (χ1v) is 24.9. The minimum Gasteiger partial charge on any atom is -0.756 e. The number of ether oxygens (including phenoxy) is 2. The number of rotatable bonds is 42. The van der Waals surface area contributed by atoms with E-state index in [2.05, 4.69) is 13.8 Å². The number of hydrogen-bond acceptors (Lipinski definition) is 8. The van der Waals surface area contributed by atoms with Gasteiger partial charge in [-0.05, 0) is 25.7 Å². The van der Waals surface area contributed by atoms with Crippen LogP contribution in [0.25, 0.3) is 0 Å². The van der Waals surface area contributed by atoms with Crippen LogP contribution in [-0.2, 0) is 32.7 Å². The van der Waals surface area contributed by atoms with E-state index in [-0.39, 0.29) is 13.2 Å². The van der Waals surface area contributed by atoms with Crippen molar-refractivity contribution in [2.24, 2.45) is 0 Å². The highest BCUT2D eigenvalue weighted by molar-refractivity contribution is 7.45. The molecular formula is C48H88NO8P. The molecule has 2 atom stereocenters. The molecule has 1 unspecified atom stereocenters. The molecule has 0 spiro atoms. The summed E-state index contributed by atoms with van der Waals surface area (Å²) in [6.45, 7) is 3.99. The number of phosphoric acid groups is 1. The van der Waals surface area contributed by atoms with Crippen LogP contribution in [0, 0.1) is 0 Å². The Bertz CT molecular complexity index is 1130. The third-order valence-electron chi connectivity index (χ3n) is 10.0. The number of nitrogens with zero attached hydrogens (tertiary/aromatic N) is 1. The van der Waals surface area contributed by atoms with Crippen molar-refractivity contribution >= 4 is 19.8 Å². The Morgan fingerprint density at radius 3 is 1.31 bits per heavy atom. The highest BCUT2D eigenvalue weighted by atomic mass is 31.2. The number of phosphoric ester groups is 1. The second-order valence-corrected chi connectivity index (χ2v) is 18.3. The maximum Gasteiger partial charge on any atom is 0.331 e. The minimum atomic E-state index is -4.67. The molecule has 0 aromatic rings. The lowest BCUT2D eigenvalue weighted by Crippen LogP contribution is -2.37. The predicted molar refractivity (Wildman–Crippen MR) is 240 cm³/mol. The Hall–Kier alpha value is -2.03. The van der Waals surface area contributed by atoms with E-state index < -0.39 is 32.5 Å². The molecule has 0 aromatic heterocycles. The van der Waals surface area contributed by atoms with E-state index in [9.17, 15) is 19.0 Å². The van der Waals surface area contributed by atoms with E-state index in [4.69, 9.17) is 18.5 Å². The van der Waals surface area contributed by atoms with Crippen LogP contribution >= 0.6 is 7.82 Å². The molecule has 0 N–H and O–H groups in total. The molecule has 0 heterocycles. The number of allylic oxidation sites excluding steroid dienone is 6. The first-order chi connectivity index (χ1) is 28.0. The van der Waals surface area contributed by atoms with Gasteiger partial charge < -0.3 is 27.9 Å². The second-order valence-electron chi connectivity index (χ2n) is 16.9. The van der Waals surface area contributed by atoms with Crippen LogP contribution in [0.4, 0.5) is 0 Å². The van der Waals surface area contributed by atoms with E-state index in [0.29, 0.717) is 11.0 Å². The lowest BCUT2D eigenvalue weighted by molar-refractivity contribution is -0.870. The monoisotopic (exact) mass is 838 g/mol. The van der Waals surface area contributed by atoms with Gasteiger partial charge >= 0.3 is 11.9 Å². The number of carbonyl (C=O) groups is 2. The largest absolute Gasteiger partial charge is 0.756 e. The van der Waals surface area contributed by atoms with E-state index in [0.717, 1.165) is 25.7 Å². The van der Waals surface area contributed by atoms with E-state index >= 15 is 0 Å². The quantitative estimate of drug-likeness (QED) is 0.0149. The molecule has 338 valence electrons. The highest BCUT2D eigenvalue weighted by Crippen LogP contribution is 2.38. The van der Waals surface area contributed by atoms with Crippen molar-refractivity contribution < 1.29 is 42.1 Å². The van der Waals surface area contributed by atoms with E-state index in [1.54, 1.807) is 18.2 Å². The summed E-state index contributed by atoms with van der Waals surface area (Å²) in [5.74, 6) is -1.34. The van der Waals surface area contributed by atoms with Crippen LogP contribution in [-0.4, -0.2) is 70.0 Å². The van der Waals surface area contributed by atoms with E-state index in [1.165, 1.54) is 166 Å². The van der Waals surface area contributed by atoms with Gasteiger partial charge in [-0.1, -0.05) is 204 Å². The van der Waals surface area contributed by atoms with Crippen molar-refractivity contribution in [3.63, 3.8) is 0 Å². The molecule has 0 saturated carbocycles. The van der Waals surface area contributed by atoms with Crippen molar-refractivity contribution in [1.29, 1.82) is 0 Å². The SMILES string of the molecule is CCCCCCCCCCCCCCC/C=C/C=C/C(=O)OC[C@@H](COP(=O)([O-])OCC[N+](C)(C)C)OC(=O)/C=C/C=C/CCCCCCCCCCCCCCC. The first-order valence-electron chi connectivity index (χ1n) is 23.4. The molecule has 0 saturated heterocycles. The van der Waals surface area contributed by atoms with Crippen molar-refractivity contribution in [2.45, 2.75) is 200 Å². The molecule has 0 aliphatic rings. The Kier molecular flexibility index (Phi) is 39.0. The number of quaternary nitrogens is 1. The van der Waals surface area contributed by atoms with Gasteiger partial charge in [-0.2, -0.15) is 0 Å². The molecule has 0 amide bonds. The lowest BCUT2D eigenvalue weighted by Gasteiger charge is -2.28. The fourth-order valence-corrected chi connectivity index (χ4v) is 7.09. The van der Waals surface area contributed by atoms with Crippen LogP contribution in [0.1, 0.15) is 194 Å². The summed E-state index contributed by atoms with van der Waals surface area (Å²) in [4.78, 5) is 37.3. The smallest absolute Gasteiger partial charge is 0.331 e. The summed E-state index contributed by atoms with van der Waals surface area (Å²) in [5, 5.41) is 0. The van der Waals surface area contributed by atoms with Crippen LogP contribution in [0.2, 0.25) is 0 Å². The zero-order valence-electron chi connectivity index (χ0n) is 38.0. The Labute approximate surface area is 356 Å². The van der Waals surface area contributed by atoms with Gasteiger partial charge in [-0.15, -0.1) is 0 Å². The van der Waals surface area contributed by atoms with Crippen molar-refractivity contribution in [3.05, 3.63) is 48.6 Å². The van der Waals surface area contributed by atoms with Gasteiger partial charge in [-0.3, -0.25) is 4.57 Å². The summed E-state index contributed by atoms with van der Waals surface area (Å²) in [5.41, 5.74) is 0. The number of carbonyl (C=O) groups excluding carboxylic acids is 2.